The van der Waals surface area contributed by atoms with Crippen LogP contribution in [0.5, 0.6) is 5.75 Å². The summed E-state index contributed by atoms with van der Waals surface area (Å²) in [6.45, 7) is 2.59. The summed E-state index contributed by atoms with van der Waals surface area (Å²) in [7, 11) is 1.68. The molecule has 7 nitrogen and oxygen atoms in total. The highest BCUT2D eigenvalue weighted by molar-refractivity contribution is 5.76. The van der Waals surface area contributed by atoms with E-state index in [4.69, 9.17) is 9.84 Å². The van der Waals surface area contributed by atoms with Gasteiger partial charge in [0, 0.05) is 17.8 Å². The number of amides is 2. The Morgan fingerprint density at radius 2 is 1.86 bits per heavy atom. The van der Waals surface area contributed by atoms with E-state index in [0.29, 0.717) is 6.54 Å². The molecule has 1 fully saturated rings. The second-order valence-corrected chi connectivity index (χ2v) is 9.89. The van der Waals surface area contributed by atoms with Crippen molar-refractivity contribution in [2.75, 3.05) is 7.11 Å². The summed E-state index contributed by atoms with van der Waals surface area (Å²) in [5.74, 6) is 1.77. The minimum Gasteiger partial charge on any atom is -0.497 e. The maximum atomic E-state index is 14.0. The number of rotatable bonds is 5. The number of carbonyl (C=O) groups excluding carboxylic acids is 1. The summed E-state index contributed by atoms with van der Waals surface area (Å²) in [6, 6.07) is 22.4. The molecule has 1 atom stereocenters. The first-order chi connectivity index (χ1) is 18.2. The molecule has 2 aromatic carbocycles. The lowest BCUT2D eigenvalue weighted by atomic mass is 10.0. The van der Waals surface area contributed by atoms with Crippen LogP contribution in [0.4, 0.5) is 4.79 Å². The number of para-hydroxylation sites is 1. The molecular weight excluding hydrogens is 462 g/mol. The minimum atomic E-state index is -0.284. The van der Waals surface area contributed by atoms with Crippen LogP contribution in [0, 0.1) is 0 Å². The molecule has 3 heterocycles. The van der Waals surface area contributed by atoms with Gasteiger partial charge in [-0.15, -0.1) is 0 Å². The fourth-order valence-electron chi connectivity index (χ4n) is 5.84. The van der Waals surface area contributed by atoms with Gasteiger partial charge in [0.1, 0.15) is 11.6 Å². The lowest BCUT2D eigenvalue weighted by Gasteiger charge is -2.32. The summed E-state index contributed by atoms with van der Waals surface area (Å²) >= 11 is 0. The minimum absolute atomic E-state index is 0.0326. The Labute approximate surface area is 217 Å². The smallest absolute Gasteiger partial charge is 0.318 e. The molecule has 1 N–H and O–H groups in total. The Balaban J connectivity index is 1.55. The molecule has 1 aliphatic heterocycles. The number of fused-ring (bicyclic) bond motifs is 3. The van der Waals surface area contributed by atoms with Crippen molar-refractivity contribution in [3.8, 4) is 17.3 Å². The number of hydrogen-bond donors (Lipinski definition) is 1. The van der Waals surface area contributed by atoms with Crippen LogP contribution in [-0.4, -0.2) is 38.4 Å². The van der Waals surface area contributed by atoms with Crippen LogP contribution < -0.4 is 10.1 Å². The zero-order chi connectivity index (χ0) is 25.4. The SMILES string of the molecule is CCc1nn(-c2ccccc2)c2c1CN(C(=O)NC1CCCC1)[C@@H](c1cccc(OC)c1)c1cccn1-2. The van der Waals surface area contributed by atoms with Crippen LogP contribution in [-0.2, 0) is 13.0 Å². The molecule has 2 aliphatic rings. The van der Waals surface area contributed by atoms with Crippen LogP contribution in [0.15, 0.2) is 72.9 Å². The molecule has 0 bridgehead atoms. The Bertz CT molecular complexity index is 1400. The molecule has 37 heavy (non-hydrogen) atoms. The number of ether oxygens (including phenoxy) is 1. The van der Waals surface area contributed by atoms with E-state index in [1.165, 1.54) is 12.8 Å². The molecule has 0 saturated heterocycles. The van der Waals surface area contributed by atoms with Crippen molar-refractivity contribution in [2.24, 2.45) is 0 Å². The predicted octanol–water partition coefficient (Wildman–Crippen LogP) is 5.79. The van der Waals surface area contributed by atoms with Crippen molar-refractivity contribution in [1.82, 2.24) is 24.6 Å². The van der Waals surface area contributed by atoms with Crippen LogP contribution in [0.1, 0.15) is 61.2 Å². The van der Waals surface area contributed by atoms with Crippen LogP contribution in [0.25, 0.3) is 11.5 Å². The molecule has 2 aromatic heterocycles. The number of aryl methyl sites for hydroxylation is 1. The summed E-state index contributed by atoms with van der Waals surface area (Å²) in [5.41, 5.74) is 5.12. The molecule has 0 radical (unpaired) electrons. The van der Waals surface area contributed by atoms with Crippen LogP contribution in [0.3, 0.4) is 0 Å². The zero-order valence-corrected chi connectivity index (χ0v) is 21.4. The van der Waals surface area contributed by atoms with Crippen molar-refractivity contribution in [1.29, 1.82) is 0 Å². The monoisotopic (exact) mass is 495 g/mol. The van der Waals surface area contributed by atoms with Crippen LogP contribution in [0.2, 0.25) is 0 Å². The van der Waals surface area contributed by atoms with Gasteiger partial charge < -0.3 is 19.5 Å². The highest BCUT2D eigenvalue weighted by Crippen LogP contribution is 2.39. The normalized spacial score (nSPS) is 17.2. The third kappa shape index (κ3) is 4.18. The first kappa shape index (κ1) is 23.4. The van der Waals surface area contributed by atoms with Gasteiger partial charge in [0.25, 0.3) is 0 Å². The van der Waals surface area contributed by atoms with Gasteiger partial charge in [0.05, 0.1) is 36.8 Å². The van der Waals surface area contributed by atoms with Gasteiger partial charge in [0.15, 0.2) is 0 Å². The molecule has 1 saturated carbocycles. The second kappa shape index (κ2) is 9.81. The summed E-state index contributed by atoms with van der Waals surface area (Å²) < 4.78 is 9.81. The molecule has 190 valence electrons. The standard InChI is InChI=1S/C30H33N5O2/c1-3-26-25-20-34(30(36)31-22-12-7-8-13-22)28(21-11-9-16-24(19-21)37-2)27-17-10-18-33(27)29(25)35(32-26)23-14-5-4-6-15-23/h4-6,9-11,14-19,22,28H,3,7-8,12-13,20H2,1-2H3,(H,31,36)/t28-/m0/s1. The number of benzene rings is 2. The summed E-state index contributed by atoms with van der Waals surface area (Å²) in [5, 5.41) is 8.39. The predicted molar refractivity (Wildman–Crippen MR) is 143 cm³/mol. The Kier molecular flexibility index (Phi) is 6.20. The van der Waals surface area contributed by atoms with Crippen molar-refractivity contribution in [2.45, 2.75) is 57.7 Å². The Morgan fingerprint density at radius 3 is 2.62 bits per heavy atom. The largest absolute Gasteiger partial charge is 0.497 e. The van der Waals surface area contributed by atoms with Gasteiger partial charge in [-0.2, -0.15) is 5.10 Å². The van der Waals surface area contributed by atoms with E-state index in [9.17, 15) is 4.79 Å². The van der Waals surface area contributed by atoms with Gasteiger partial charge >= 0.3 is 6.03 Å². The molecule has 7 heteroatoms. The van der Waals surface area contributed by atoms with Crippen LogP contribution >= 0.6 is 0 Å². The van der Waals surface area contributed by atoms with Crippen molar-refractivity contribution in [3.63, 3.8) is 0 Å². The quantitative estimate of drug-likeness (QED) is 0.381. The highest BCUT2D eigenvalue weighted by atomic mass is 16.5. The fraction of sp³-hybridized carbons (Fsp3) is 0.333. The zero-order valence-electron chi connectivity index (χ0n) is 21.4. The van der Waals surface area contributed by atoms with E-state index in [1.807, 2.05) is 46.0 Å². The molecule has 6 rings (SSSR count). The maximum absolute atomic E-state index is 14.0. The molecule has 2 amide bonds. The molecule has 4 aromatic rings. The van der Waals surface area contributed by atoms with Gasteiger partial charge in [-0.1, -0.05) is 50.1 Å². The van der Waals surface area contributed by atoms with E-state index in [2.05, 4.69) is 53.3 Å². The number of hydrogen-bond acceptors (Lipinski definition) is 3. The maximum Gasteiger partial charge on any atom is 0.318 e. The summed E-state index contributed by atoms with van der Waals surface area (Å²) in [4.78, 5) is 16.0. The first-order valence-electron chi connectivity index (χ1n) is 13.2. The number of aromatic nitrogens is 3. The van der Waals surface area contributed by atoms with Gasteiger partial charge in [-0.25, -0.2) is 9.48 Å². The van der Waals surface area contributed by atoms with E-state index < -0.39 is 0 Å². The first-order valence-corrected chi connectivity index (χ1v) is 13.2. The topological polar surface area (TPSA) is 64.3 Å². The second-order valence-electron chi connectivity index (χ2n) is 9.89. The third-order valence-corrected chi connectivity index (χ3v) is 7.66. The van der Waals surface area contributed by atoms with E-state index in [-0.39, 0.29) is 18.1 Å². The molecular formula is C30H33N5O2. The van der Waals surface area contributed by atoms with Gasteiger partial charge in [0.2, 0.25) is 0 Å². The molecule has 0 spiro atoms. The van der Waals surface area contributed by atoms with Crippen molar-refractivity contribution < 1.29 is 9.53 Å². The summed E-state index contributed by atoms with van der Waals surface area (Å²) in [6.07, 6.45) is 7.28. The average molecular weight is 496 g/mol. The lowest BCUT2D eigenvalue weighted by molar-refractivity contribution is 0.176. The number of methoxy groups -OCH3 is 1. The lowest BCUT2D eigenvalue weighted by Crippen LogP contribution is -2.45. The number of nitrogens with one attached hydrogen (secondary N) is 1. The number of carbonyl (C=O) groups is 1. The van der Waals surface area contributed by atoms with Crippen molar-refractivity contribution in [3.05, 3.63) is 95.4 Å². The average Bonchev–Trinajstić information content (AvgIpc) is 3.68. The van der Waals surface area contributed by atoms with E-state index in [1.54, 1.807) is 7.11 Å². The Hall–Kier alpha value is -4.00. The van der Waals surface area contributed by atoms with Gasteiger partial charge in [-0.05, 0) is 61.2 Å². The number of nitrogens with zero attached hydrogens (tertiary/aromatic N) is 4. The highest BCUT2D eigenvalue weighted by Gasteiger charge is 2.37. The molecule has 0 unspecified atom stereocenters. The van der Waals surface area contributed by atoms with Gasteiger partial charge in [-0.3, -0.25) is 0 Å². The number of urea groups is 1. The fourth-order valence-corrected chi connectivity index (χ4v) is 5.84. The van der Waals surface area contributed by atoms with E-state index in [0.717, 1.165) is 59.0 Å². The molecule has 1 aliphatic carbocycles. The van der Waals surface area contributed by atoms with Crippen molar-refractivity contribution >= 4 is 6.03 Å². The third-order valence-electron chi connectivity index (χ3n) is 7.66. The Morgan fingerprint density at radius 1 is 1.05 bits per heavy atom. The van der Waals surface area contributed by atoms with E-state index >= 15 is 0 Å².